The third-order valence-corrected chi connectivity index (χ3v) is 4.71. The lowest BCUT2D eigenvalue weighted by atomic mass is 9.78. The van der Waals surface area contributed by atoms with Crippen LogP contribution in [0.25, 0.3) is 0 Å². The van der Waals surface area contributed by atoms with Gasteiger partial charge in [-0.15, -0.1) is 0 Å². The Bertz CT molecular complexity index is 425. The molecule has 1 heterocycles. The van der Waals surface area contributed by atoms with E-state index in [0.29, 0.717) is 18.6 Å². The van der Waals surface area contributed by atoms with Crippen LogP contribution in [0.1, 0.15) is 33.1 Å². The monoisotopic (exact) mass is 292 g/mol. The van der Waals surface area contributed by atoms with Crippen LogP contribution in [0.2, 0.25) is 0 Å². The second-order valence-corrected chi connectivity index (χ2v) is 6.50. The number of nitrogens with zero attached hydrogens (tertiary/aromatic N) is 1. The number of hydrogen-bond donors (Lipinski definition) is 2. The molecule has 1 aromatic carbocycles. The molecule has 3 N–H and O–H groups in total. The highest BCUT2D eigenvalue weighted by atomic mass is 16.5. The van der Waals surface area contributed by atoms with Crippen molar-refractivity contribution < 1.29 is 9.84 Å². The zero-order valence-electron chi connectivity index (χ0n) is 13.2. The standard InChI is InChI=1S/C17H28N2O2/c1-3-17(2)8-10-19(11-9-17)12-15(20)13-21-16-6-4-14(18)5-7-16/h4-7,15,20H,3,8-13,18H2,1-2H3. The van der Waals surface area contributed by atoms with Gasteiger partial charge in [-0.2, -0.15) is 0 Å². The number of aliphatic hydroxyl groups excluding tert-OH is 1. The number of nitrogen functional groups attached to an aromatic ring is 1. The minimum atomic E-state index is -0.450. The molecular weight excluding hydrogens is 264 g/mol. The number of rotatable bonds is 6. The molecule has 0 aromatic heterocycles. The van der Waals surface area contributed by atoms with Gasteiger partial charge < -0.3 is 20.5 Å². The molecule has 118 valence electrons. The van der Waals surface area contributed by atoms with Crippen molar-refractivity contribution in [2.45, 2.75) is 39.2 Å². The summed E-state index contributed by atoms with van der Waals surface area (Å²) in [7, 11) is 0. The second-order valence-electron chi connectivity index (χ2n) is 6.50. The number of β-amino-alcohol motifs (C(OH)–C–C–N with tert-alkyl or cyclic N) is 1. The van der Waals surface area contributed by atoms with Crippen molar-refractivity contribution in [3.63, 3.8) is 0 Å². The maximum absolute atomic E-state index is 10.1. The SMILES string of the molecule is CCC1(C)CCN(CC(O)COc2ccc(N)cc2)CC1. The molecule has 1 atom stereocenters. The minimum absolute atomic E-state index is 0.325. The molecule has 1 aliphatic rings. The predicted octanol–water partition coefficient (Wildman–Crippen LogP) is 2.52. The fourth-order valence-electron chi connectivity index (χ4n) is 2.74. The predicted molar refractivity (Wildman–Crippen MR) is 86.4 cm³/mol. The highest BCUT2D eigenvalue weighted by Crippen LogP contribution is 2.33. The Morgan fingerprint density at radius 3 is 2.48 bits per heavy atom. The molecule has 1 aromatic rings. The van der Waals surface area contributed by atoms with Crippen LogP contribution in [-0.2, 0) is 0 Å². The quantitative estimate of drug-likeness (QED) is 0.791. The topological polar surface area (TPSA) is 58.7 Å². The number of piperidine rings is 1. The second kappa shape index (κ2) is 7.14. The Balaban J connectivity index is 1.70. The number of aliphatic hydroxyl groups is 1. The van der Waals surface area contributed by atoms with Crippen LogP contribution in [0.5, 0.6) is 5.75 Å². The molecule has 4 nitrogen and oxygen atoms in total. The smallest absolute Gasteiger partial charge is 0.119 e. The van der Waals surface area contributed by atoms with E-state index in [2.05, 4.69) is 18.7 Å². The first kappa shape index (κ1) is 16.1. The summed E-state index contributed by atoms with van der Waals surface area (Å²) < 4.78 is 5.59. The summed E-state index contributed by atoms with van der Waals surface area (Å²) in [5.74, 6) is 0.750. The van der Waals surface area contributed by atoms with Gasteiger partial charge in [0.05, 0.1) is 0 Å². The first-order valence-corrected chi connectivity index (χ1v) is 7.89. The van der Waals surface area contributed by atoms with Crippen molar-refractivity contribution >= 4 is 5.69 Å². The molecule has 0 amide bonds. The molecule has 0 saturated carbocycles. The Morgan fingerprint density at radius 2 is 1.90 bits per heavy atom. The van der Waals surface area contributed by atoms with E-state index >= 15 is 0 Å². The zero-order chi connectivity index (χ0) is 15.3. The summed E-state index contributed by atoms with van der Waals surface area (Å²) in [6.45, 7) is 7.79. The van der Waals surface area contributed by atoms with Crippen molar-refractivity contribution in [2.75, 3.05) is 32.0 Å². The highest BCUT2D eigenvalue weighted by molar-refractivity contribution is 5.41. The van der Waals surface area contributed by atoms with Gasteiger partial charge in [-0.25, -0.2) is 0 Å². The van der Waals surface area contributed by atoms with Crippen molar-refractivity contribution in [3.8, 4) is 5.75 Å². The number of likely N-dealkylation sites (tertiary alicyclic amines) is 1. The average Bonchev–Trinajstić information content (AvgIpc) is 2.49. The normalized spacial score (nSPS) is 20.1. The van der Waals surface area contributed by atoms with Gasteiger partial charge in [0.15, 0.2) is 0 Å². The maximum atomic E-state index is 10.1. The lowest BCUT2D eigenvalue weighted by molar-refractivity contribution is 0.0396. The zero-order valence-corrected chi connectivity index (χ0v) is 13.2. The van der Waals surface area contributed by atoms with Gasteiger partial charge >= 0.3 is 0 Å². The molecule has 0 radical (unpaired) electrons. The van der Waals surface area contributed by atoms with Crippen LogP contribution in [0.15, 0.2) is 24.3 Å². The first-order valence-electron chi connectivity index (χ1n) is 7.89. The Kier molecular flexibility index (Phi) is 5.48. The van der Waals surface area contributed by atoms with E-state index in [0.717, 1.165) is 24.5 Å². The van der Waals surface area contributed by atoms with Crippen LogP contribution in [-0.4, -0.2) is 42.4 Å². The van der Waals surface area contributed by atoms with Crippen LogP contribution >= 0.6 is 0 Å². The molecule has 1 aliphatic heterocycles. The van der Waals surface area contributed by atoms with E-state index in [-0.39, 0.29) is 0 Å². The number of anilines is 1. The van der Waals surface area contributed by atoms with Gasteiger partial charge in [0, 0.05) is 12.2 Å². The molecule has 21 heavy (non-hydrogen) atoms. The molecule has 0 spiro atoms. The number of ether oxygens (including phenoxy) is 1. The largest absolute Gasteiger partial charge is 0.491 e. The Labute approximate surface area is 127 Å². The molecule has 0 aliphatic carbocycles. The van der Waals surface area contributed by atoms with E-state index in [9.17, 15) is 5.11 Å². The summed E-state index contributed by atoms with van der Waals surface area (Å²) in [6.07, 6.45) is 3.22. The lowest BCUT2D eigenvalue weighted by Gasteiger charge is -2.39. The van der Waals surface area contributed by atoms with Gasteiger partial charge in [-0.3, -0.25) is 0 Å². The number of nitrogens with two attached hydrogens (primary N) is 1. The van der Waals surface area contributed by atoms with Crippen molar-refractivity contribution in [3.05, 3.63) is 24.3 Å². The minimum Gasteiger partial charge on any atom is -0.491 e. The van der Waals surface area contributed by atoms with Gasteiger partial charge in [0.25, 0.3) is 0 Å². The average molecular weight is 292 g/mol. The summed E-state index contributed by atoms with van der Waals surface area (Å²) in [5, 5.41) is 10.1. The third-order valence-electron chi connectivity index (χ3n) is 4.71. The lowest BCUT2D eigenvalue weighted by Crippen LogP contribution is -2.43. The van der Waals surface area contributed by atoms with Crippen LogP contribution < -0.4 is 10.5 Å². The van der Waals surface area contributed by atoms with Crippen molar-refractivity contribution in [1.82, 2.24) is 4.90 Å². The van der Waals surface area contributed by atoms with Gasteiger partial charge in [-0.1, -0.05) is 20.3 Å². The summed E-state index contributed by atoms with van der Waals surface area (Å²) >= 11 is 0. The Hall–Kier alpha value is -1.26. The fraction of sp³-hybridized carbons (Fsp3) is 0.647. The molecular formula is C17H28N2O2. The van der Waals surface area contributed by atoms with E-state index in [1.165, 1.54) is 19.3 Å². The van der Waals surface area contributed by atoms with Gasteiger partial charge in [0.1, 0.15) is 18.5 Å². The molecule has 2 rings (SSSR count). The van der Waals surface area contributed by atoms with Crippen LogP contribution in [0.4, 0.5) is 5.69 Å². The molecule has 0 bridgehead atoms. The van der Waals surface area contributed by atoms with E-state index in [4.69, 9.17) is 10.5 Å². The molecule has 1 fully saturated rings. The molecule has 4 heteroatoms. The Morgan fingerprint density at radius 1 is 1.29 bits per heavy atom. The molecule has 1 saturated heterocycles. The van der Waals surface area contributed by atoms with Crippen molar-refractivity contribution in [1.29, 1.82) is 0 Å². The van der Waals surface area contributed by atoms with E-state index in [1.54, 1.807) is 12.1 Å². The van der Waals surface area contributed by atoms with Gasteiger partial charge in [0.2, 0.25) is 0 Å². The third kappa shape index (κ3) is 4.90. The number of benzene rings is 1. The summed E-state index contributed by atoms with van der Waals surface area (Å²) in [4.78, 5) is 2.34. The van der Waals surface area contributed by atoms with Gasteiger partial charge in [-0.05, 0) is 55.6 Å². The van der Waals surface area contributed by atoms with Crippen molar-refractivity contribution in [2.24, 2.45) is 5.41 Å². The highest BCUT2D eigenvalue weighted by Gasteiger charge is 2.28. The van der Waals surface area contributed by atoms with Crippen LogP contribution in [0, 0.1) is 5.41 Å². The first-order chi connectivity index (χ1) is 10.0. The fourth-order valence-corrected chi connectivity index (χ4v) is 2.74. The summed E-state index contributed by atoms with van der Waals surface area (Å²) in [5.41, 5.74) is 6.83. The van der Waals surface area contributed by atoms with E-state index in [1.807, 2.05) is 12.1 Å². The van der Waals surface area contributed by atoms with E-state index < -0.39 is 6.10 Å². The summed E-state index contributed by atoms with van der Waals surface area (Å²) in [6, 6.07) is 7.27. The van der Waals surface area contributed by atoms with Crippen LogP contribution in [0.3, 0.4) is 0 Å². The maximum Gasteiger partial charge on any atom is 0.119 e. The number of hydrogen-bond acceptors (Lipinski definition) is 4. The molecule has 1 unspecified atom stereocenters.